The zero-order valence-corrected chi connectivity index (χ0v) is 9.65. The van der Waals surface area contributed by atoms with E-state index in [-0.39, 0.29) is 5.91 Å². The molecule has 3 heteroatoms. The van der Waals surface area contributed by atoms with Crippen LogP contribution in [-0.4, -0.2) is 16.9 Å². The largest absolute Gasteiger partial charge is 0.353 e. The smallest absolute Gasteiger partial charge is 0.220 e. The minimum atomic E-state index is 0.156. The lowest BCUT2D eigenvalue weighted by Gasteiger charge is -2.12. The minimum Gasteiger partial charge on any atom is -0.353 e. The molecule has 0 saturated heterocycles. The van der Waals surface area contributed by atoms with Gasteiger partial charge in [0.25, 0.3) is 0 Å². The molecule has 1 amide bonds. The van der Waals surface area contributed by atoms with Crippen molar-refractivity contribution in [2.45, 2.75) is 38.6 Å². The number of hydrogen-bond donors (Lipinski definition) is 1. The van der Waals surface area contributed by atoms with Crippen molar-refractivity contribution in [2.24, 2.45) is 5.92 Å². The number of aryl methyl sites for hydroxylation is 1. The Morgan fingerprint density at radius 3 is 3.06 bits per heavy atom. The lowest BCUT2D eigenvalue weighted by atomic mass is 10.1. The first kappa shape index (κ1) is 11.1. The van der Waals surface area contributed by atoms with Crippen LogP contribution in [0.2, 0.25) is 0 Å². The zero-order chi connectivity index (χ0) is 11.4. The van der Waals surface area contributed by atoms with Crippen molar-refractivity contribution in [2.75, 3.05) is 0 Å². The van der Waals surface area contributed by atoms with Gasteiger partial charge in [-0.05, 0) is 43.7 Å². The molecule has 1 fully saturated rings. The van der Waals surface area contributed by atoms with Crippen molar-refractivity contribution < 1.29 is 4.79 Å². The molecule has 0 bridgehead atoms. The van der Waals surface area contributed by atoms with Gasteiger partial charge in [-0.25, -0.2) is 0 Å². The maximum absolute atomic E-state index is 11.6. The molecule has 86 valence electrons. The van der Waals surface area contributed by atoms with E-state index in [1.54, 1.807) is 6.20 Å². The first-order valence-electron chi connectivity index (χ1n) is 5.94. The van der Waals surface area contributed by atoms with E-state index in [4.69, 9.17) is 0 Å². The predicted molar refractivity (Wildman–Crippen MR) is 62.9 cm³/mol. The number of amides is 1. The van der Waals surface area contributed by atoms with E-state index in [0.717, 1.165) is 17.9 Å². The minimum absolute atomic E-state index is 0.156. The van der Waals surface area contributed by atoms with Crippen LogP contribution < -0.4 is 5.32 Å². The first-order valence-corrected chi connectivity index (χ1v) is 5.94. The fourth-order valence-electron chi connectivity index (χ4n) is 1.84. The molecular weight excluding hydrogens is 200 g/mol. The average Bonchev–Trinajstić information content (AvgIpc) is 3.11. The predicted octanol–water partition coefficient (Wildman–Crippen LogP) is 1.93. The number of nitrogens with one attached hydrogen (secondary N) is 1. The van der Waals surface area contributed by atoms with Crippen LogP contribution in [0.15, 0.2) is 24.5 Å². The topological polar surface area (TPSA) is 42.0 Å². The fraction of sp³-hybridized carbons (Fsp3) is 0.538. The van der Waals surface area contributed by atoms with Crippen molar-refractivity contribution in [1.82, 2.24) is 10.3 Å². The highest BCUT2D eigenvalue weighted by Gasteiger charge is 2.28. The second-order valence-electron chi connectivity index (χ2n) is 4.55. The van der Waals surface area contributed by atoms with E-state index < -0.39 is 0 Å². The molecule has 1 heterocycles. The summed E-state index contributed by atoms with van der Waals surface area (Å²) in [6.07, 6.45) is 7.43. The van der Waals surface area contributed by atoms with Gasteiger partial charge in [0.15, 0.2) is 0 Å². The van der Waals surface area contributed by atoms with Gasteiger partial charge in [0.05, 0.1) is 0 Å². The molecule has 1 N–H and O–H groups in total. The number of rotatable bonds is 5. The van der Waals surface area contributed by atoms with Gasteiger partial charge >= 0.3 is 0 Å². The van der Waals surface area contributed by atoms with Gasteiger partial charge in [-0.2, -0.15) is 0 Å². The third-order valence-corrected chi connectivity index (χ3v) is 3.08. The van der Waals surface area contributed by atoms with Crippen LogP contribution in [0.3, 0.4) is 0 Å². The van der Waals surface area contributed by atoms with Gasteiger partial charge in [-0.3, -0.25) is 9.78 Å². The summed E-state index contributed by atoms with van der Waals surface area (Å²) in [5.41, 5.74) is 1.12. The van der Waals surface area contributed by atoms with Crippen LogP contribution in [0.5, 0.6) is 0 Å². The highest BCUT2D eigenvalue weighted by molar-refractivity contribution is 5.76. The average molecular weight is 218 g/mol. The van der Waals surface area contributed by atoms with Crippen molar-refractivity contribution in [3.63, 3.8) is 0 Å². The molecule has 1 aliphatic carbocycles. The number of aromatic nitrogens is 1. The maximum Gasteiger partial charge on any atom is 0.220 e. The maximum atomic E-state index is 11.6. The number of carbonyl (C=O) groups excluding carboxylic acids is 1. The Bertz CT molecular complexity index is 346. The van der Waals surface area contributed by atoms with Crippen molar-refractivity contribution in [3.05, 3.63) is 30.1 Å². The summed E-state index contributed by atoms with van der Waals surface area (Å²) >= 11 is 0. The van der Waals surface area contributed by atoms with E-state index in [9.17, 15) is 4.79 Å². The Morgan fingerprint density at radius 1 is 1.62 bits per heavy atom. The van der Waals surface area contributed by atoms with Crippen LogP contribution in [0, 0.1) is 5.92 Å². The summed E-state index contributed by atoms with van der Waals surface area (Å²) in [7, 11) is 0. The molecular formula is C13H18N2O. The summed E-state index contributed by atoms with van der Waals surface area (Å²) in [4.78, 5) is 15.7. The standard InChI is InChI=1S/C13H18N2O/c1-10(12-5-6-12)15-13(16)7-4-11-3-2-8-14-9-11/h2-3,8-10,12H,4-7H2,1H3,(H,15,16). The number of hydrogen-bond acceptors (Lipinski definition) is 2. The summed E-state index contributed by atoms with van der Waals surface area (Å²) in [5.74, 6) is 0.880. The van der Waals surface area contributed by atoms with Crippen LogP contribution in [0.25, 0.3) is 0 Å². The number of carbonyl (C=O) groups is 1. The lowest BCUT2D eigenvalue weighted by molar-refractivity contribution is -0.121. The molecule has 0 spiro atoms. The fourth-order valence-corrected chi connectivity index (χ4v) is 1.84. The van der Waals surface area contributed by atoms with Crippen molar-refractivity contribution in [3.8, 4) is 0 Å². The van der Waals surface area contributed by atoms with Crippen molar-refractivity contribution in [1.29, 1.82) is 0 Å². The molecule has 1 atom stereocenters. The Hall–Kier alpha value is -1.38. The lowest BCUT2D eigenvalue weighted by Crippen LogP contribution is -2.34. The van der Waals surface area contributed by atoms with Gasteiger partial charge in [0.1, 0.15) is 0 Å². The molecule has 2 rings (SSSR count). The summed E-state index contributed by atoms with van der Waals surface area (Å²) in [6, 6.07) is 4.26. The van der Waals surface area contributed by atoms with E-state index in [1.807, 2.05) is 18.3 Å². The Labute approximate surface area is 96.3 Å². The van der Waals surface area contributed by atoms with E-state index in [0.29, 0.717) is 12.5 Å². The van der Waals surface area contributed by atoms with Crippen molar-refractivity contribution >= 4 is 5.91 Å². The third kappa shape index (κ3) is 3.33. The molecule has 1 unspecified atom stereocenters. The van der Waals surface area contributed by atoms with Crippen LogP contribution >= 0.6 is 0 Å². The molecule has 0 aromatic carbocycles. The van der Waals surface area contributed by atoms with Crippen LogP contribution in [0.4, 0.5) is 0 Å². The molecule has 0 aliphatic heterocycles. The summed E-state index contributed by atoms with van der Waals surface area (Å²) < 4.78 is 0. The van der Waals surface area contributed by atoms with Gasteiger partial charge in [-0.1, -0.05) is 6.07 Å². The quantitative estimate of drug-likeness (QED) is 0.820. The highest BCUT2D eigenvalue weighted by atomic mass is 16.1. The molecule has 1 aromatic heterocycles. The number of pyridine rings is 1. The zero-order valence-electron chi connectivity index (χ0n) is 9.65. The van der Waals surface area contributed by atoms with E-state index in [2.05, 4.69) is 17.2 Å². The number of nitrogens with zero attached hydrogens (tertiary/aromatic N) is 1. The van der Waals surface area contributed by atoms with Crippen LogP contribution in [0.1, 0.15) is 31.7 Å². The van der Waals surface area contributed by atoms with Gasteiger partial charge < -0.3 is 5.32 Å². The normalized spacial score (nSPS) is 16.8. The van der Waals surface area contributed by atoms with E-state index >= 15 is 0 Å². The highest BCUT2D eigenvalue weighted by Crippen LogP contribution is 2.32. The molecule has 16 heavy (non-hydrogen) atoms. The van der Waals surface area contributed by atoms with Gasteiger partial charge in [-0.15, -0.1) is 0 Å². The third-order valence-electron chi connectivity index (χ3n) is 3.08. The second kappa shape index (κ2) is 5.10. The van der Waals surface area contributed by atoms with Crippen LogP contribution in [-0.2, 0) is 11.2 Å². The summed E-state index contributed by atoms with van der Waals surface area (Å²) in [5, 5.41) is 3.05. The molecule has 1 saturated carbocycles. The first-order chi connectivity index (χ1) is 7.75. The molecule has 0 radical (unpaired) electrons. The molecule has 3 nitrogen and oxygen atoms in total. The Kier molecular flexibility index (Phi) is 3.54. The monoisotopic (exact) mass is 218 g/mol. The second-order valence-corrected chi connectivity index (χ2v) is 4.55. The summed E-state index contributed by atoms with van der Waals surface area (Å²) in [6.45, 7) is 2.10. The van der Waals surface area contributed by atoms with Gasteiger partial charge in [0.2, 0.25) is 5.91 Å². The Balaban J connectivity index is 1.71. The Morgan fingerprint density at radius 2 is 2.44 bits per heavy atom. The van der Waals surface area contributed by atoms with E-state index in [1.165, 1.54) is 12.8 Å². The van der Waals surface area contributed by atoms with Gasteiger partial charge in [0, 0.05) is 24.9 Å². The SMILES string of the molecule is CC(NC(=O)CCc1cccnc1)C1CC1. The molecule has 1 aromatic rings. The molecule has 1 aliphatic rings.